The number of esters is 1. The molecule has 1 fully saturated rings. The molecule has 1 aliphatic rings. The minimum Gasteiger partial charge on any atom is -0.467 e. The lowest BCUT2D eigenvalue weighted by Gasteiger charge is -2.44. The fraction of sp³-hybridized carbons (Fsp3) is 0.875. The second kappa shape index (κ2) is 9.97. The van der Waals surface area contributed by atoms with Crippen molar-refractivity contribution in [2.24, 2.45) is 0 Å². The Morgan fingerprint density at radius 2 is 1.52 bits per heavy atom. The van der Waals surface area contributed by atoms with Gasteiger partial charge in [-0.3, -0.25) is 0 Å². The molecule has 0 amide bonds. The SMILES string of the molecule is COC(=O)C1OC(CCCCC(C)=O)C(OC)C(OC)C1OC. The van der Waals surface area contributed by atoms with E-state index in [0.29, 0.717) is 12.8 Å². The molecule has 7 nitrogen and oxygen atoms in total. The van der Waals surface area contributed by atoms with E-state index in [-0.39, 0.29) is 18.0 Å². The van der Waals surface area contributed by atoms with Gasteiger partial charge in [0, 0.05) is 27.8 Å². The average molecular weight is 332 g/mol. The Labute approximate surface area is 137 Å². The number of carbonyl (C=O) groups excluding carboxylic acids is 2. The average Bonchev–Trinajstić information content (AvgIpc) is 2.55. The van der Waals surface area contributed by atoms with Gasteiger partial charge < -0.3 is 28.5 Å². The monoisotopic (exact) mass is 332 g/mol. The minimum absolute atomic E-state index is 0.166. The van der Waals surface area contributed by atoms with Crippen LogP contribution in [-0.2, 0) is 33.3 Å². The zero-order valence-electron chi connectivity index (χ0n) is 14.6. The number of unbranched alkanes of at least 4 members (excludes halogenated alkanes) is 1. The maximum atomic E-state index is 12.0. The lowest BCUT2D eigenvalue weighted by atomic mass is 9.91. The molecule has 5 atom stereocenters. The third-order valence-electron chi connectivity index (χ3n) is 4.15. The molecule has 5 unspecified atom stereocenters. The molecule has 0 aliphatic carbocycles. The fourth-order valence-electron chi connectivity index (χ4n) is 2.98. The number of ether oxygens (including phenoxy) is 5. The largest absolute Gasteiger partial charge is 0.467 e. The van der Waals surface area contributed by atoms with Gasteiger partial charge in [0.2, 0.25) is 0 Å². The van der Waals surface area contributed by atoms with E-state index in [1.807, 2.05) is 0 Å². The highest BCUT2D eigenvalue weighted by Gasteiger charge is 2.49. The van der Waals surface area contributed by atoms with Gasteiger partial charge >= 0.3 is 5.97 Å². The second-order valence-corrected chi connectivity index (χ2v) is 5.67. The predicted molar refractivity (Wildman–Crippen MR) is 82.2 cm³/mol. The molecule has 0 aromatic heterocycles. The summed E-state index contributed by atoms with van der Waals surface area (Å²) >= 11 is 0. The van der Waals surface area contributed by atoms with Gasteiger partial charge in [-0.1, -0.05) is 6.42 Å². The first-order valence-corrected chi connectivity index (χ1v) is 7.81. The van der Waals surface area contributed by atoms with Crippen LogP contribution in [0.25, 0.3) is 0 Å². The normalized spacial score (nSPS) is 30.9. The maximum absolute atomic E-state index is 12.0. The molecule has 23 heavy (non-hydrogen) atoms. The number of Topliss-reactive ketones (excluding diaryl/α,β-unsaturated/α-hetero) is 1. The third-order valence-corrected chi connectivity index (χ3v) is 4.15. The summed E-state index contributed by atoms with van der Waals surface area (Å²) in [6.07, 6.45) is 0.182. The molecule has 0 aromatic rings. The fourth-order valence-corrected chi connectivity index (χ4v) is 2.98. The van der Waals surface area contributed by atoms with Crippen molar-refractivity contribution in [2.75, 3.05) is 28.4 Å². The van der Waals surface area contributed by atoms with Gasteiger partial charge in [-0.15, -0.1) is 0 Å². The van der Waals surface area contributed by atoms with Gasteiger partial charge in [-0.05, 0) is 19.8 Å². The second-order valence-electron chi connectivity index (χ2n) is 5.67. The molecular weight excluding hydrogens is 304 g/mol. The van der Waals surface area contributed by atoms with Crippen LogP contribution in [0.15, 0.2) is 0 Å². The zero-order valence-corrected chi connectivity index (χ0v) is 14.6. The molecule has 1 aliphatic heterocycles. The van der Waals surface area contributed by atoms with E-state index in [1.165, 1.54) is 14.2 Å². The molecule has 134 valence electrons. The molecule has 1 heterocycles. The van der Waals surface area contributed by atoms with Crippen LogP contribution in [0.2, 0.25) is 0 Å². The van der Waals surface area contributed by atoms with Crippen molar-refractivity contribution < 1.29 is 33.3 Å². The topological polar surface area (TPSA) is 80.3 Å². The molecule has 0 N–H and O–H groups in total. The highest BCUT2D eigenvalue weighted by atomic mass is 16.6. The van der Waals surface area contributed by atoms with Crippen molar-refractivity contribution in [1.29, 1.82) is 0 Å². The van der Waals surface area contributed by atoms with E-state index in [2.05, 4.69) is 0 Å². The molecular formula is C16H28O7. The van der Waals surface area contributed by atoms with Gasteiger partial charge in [0.15, 0.2) is 6.10 Å². The van der Waals surface area contributed by atoms with E-state index in [9.17, 15) is 9.59 Å². The Morgan fingerprint density at radius 1 is 0.913 bits per heavy atom. The number of hydrogen-bond acceptors (Lipinski definition) is 7. The molecule has 0 saturated carbocycles. The van der Waals surface area contributed by atoms with E-state index < -0.39 is 24.3 Å². The first kappa shape index (κ1) is 20.0. The van der Waals surface area contributed by atoms with Crippen LogP contribution < -0.4 is 0 Å². The van der Waals surface area contributed by atoms with Crippen molar-refractivity contribution in [3.05, 3.63) is 0 Å². The number of ketones is 1. The minimum atomic E-state index is -0.862. The number of methoxy groups -OCH3 is 4. The number of hydrogen-bond donors (Lipinski definition) is 0. The van der Waals surface area contributed by atoms with Crippen molar-refractivity contribution in [3.63, 3.8) is 0 Å². The summed E-state index contributed by atoms with van der Waals surface area (Å²) in [5, 5.41) is 0. The van der Waals surface area contributed by atoms with Crippen molar-refractivity contribution in [1.82, 2.24) is 0 Å². The molecule has 1 rings (SSSR count). The Kier molecular flexibility index (Phi) is 8.68. The summed E-state index contributed by atoms with van der Waals surface area (Å²) in [7, 11) is 5.93. The first-order chi connectivity index (χ1) is 11.0. The van der Waals surface area contributed by atoms with Crippen LogP contribution in [0.3, 0.4) is 0 Å². The molecule has 0 bridgehead atoms. The molecule has 7 heteroatoms. The van der Waals surface area contributed by atoms with Crippen LogP contribution in [0.1, 0.15) is 32.6 Å². The van der Waals surface area contributed by atoms with Crippen LogP contribution in [0.4, 0.5) is 0 Å². The Balaban J connectivity index is 2.81. The third kappa shape index (κ3) is 5.24. The highest BCUT2D eigenvalue weighted by Crippen LogP contribution is 2.30. The van der Waals surface area contributed by atoms with Gasteiger partial charge in [0.25, 0.3) is 0 Å². The predicted octanol–water partition coefficient (Wildman–Crippen LogP) is 1.12. The summed E-state index contributed by atoms with van der Waals surface area (Å²) in [6.45, 7) is 1.58. The van der Waals surface area contributed by atoms with E-state index in [0.717, 1.165) is 12.8 Å². The van der Waals surface area contributed by atoms with Gasteiger partial charge in [0.1, 0.15) is 24.1 Å². The lowest BCUT2D eigenvalue weighted by molar-refractivity contribution is -0.246. The van der Waals surface area contributed by atoms with Gasteiger partial charge in [0.05, 0.1) is 13.2 Å². The Morgan fingerprint density at radius 3 is 2.00 bits per heavy atom. The van der Waals surface area contributed by atoms with Crippen LogP contribution in [-0.4, -0.2) is 70.7 Å². The van der Waals surface area contributed by atoms with E-state index in [4.69, 9.17) is 23.7 Å². The summed E-state index contributed by atoms with van der Waals surface area (Å²) in [5.41, 5.74) is 0. The zero-order chi connectivity index (χ0) is 17.4. The molecule has 0 spiro atoms. The summed E-state index contributed by atoms with van der Waals surface area (Å²) in [6, 6.07) is 0. The number of rotatable bonds is 9. The summed E-state index contributed by atoms with van der Waals surface area (Å²) in [5.74, 6) is -0.332. The van der Waals surface area contributed by atoms with E-state index >= 15 is 0 Å². The number of carbonyl (C=O) groups is 2. The van der Waals surface area contributed by atoms with Crippen LogP contribution in [0.5, 0.6) is 0 Å². The van der Waals surface area contributed by atoms with Gasteiger partial charge in [-0.2, -0.15) is 0 Å². The first-order valence-electron chi connectivity index (χ1n) is 7.81. The molecule has 0 radical (unpaired) electrons. The van der Waals surface area contributed by atoms with E-state index in [1.54, 1.807) is 21.1 Å². The van der Waals surface area contributed by atoms with Crippen molar-refractivity contribution in [2.45, 2.75) is 63.1 Å². The maximum Gasteiger partial charge on any atom is 0.337 e. The van der Waals surface area contributed by atoms with Gasteiger partial charge in [-0.25, -0.2) is 4.79 Å². The molecule has 0 aromatic carbocycles. The van der Waals surface area contributed by atoms with Crippen LogP contribution >= 0.6 is 0 Å². The highest BCUT2D eigenvalue weighted by molar-refractivity contribution is 5.76. The lowest BCUT2D eigenvalue weighted by Crippen LogP contribution is -2.61. The summed E-state index contributed by atoms with van der Waals surface area (Å²) in [4.78, 5) is 23.0. The molecule has 1 saturated heterocycles. The van der Waals surface area contributed by atoms with Crippen molar-refractivity contribution >= 4 is 11.8 Å². The van der Waals surface area contributed by atoms with Crippen molar-refractivity contribution in [3.8, 4) is 0 Å². The summed E-state index contributed by atoms with van der Waals surface area (Å²) < 4.78 is 27.1. The smallest absolute Gasteiger partial charge is 0.337 e. The Hall–Kier alpha value is -1.02. The van der Waals surface area contributed by atoms with Crippen LogP contribution in [0, 0.1) is 0 Å². The Bertz CT molecular complexity index is 385. The standard InChI is InChI=1S/C16H28O7/c1-10(17)8-6-7-9-11-12(19-2)13(20-3)14(21-4)15(23-11)16(18)22-5/h11-15H,6-9H2,1-5H3. The quantitative estimate of drug-likeness (QED) is 0.462.